The summed E-state index contributed by atoms with van der Waals surface area (Å²) in [5.74, 6) is 0.00319. The third-order valence-corrected chi connectivity index (χ3v) is 6.49. The van der Waals surface area contributed by atoms with Crippen molar-refractivity contribution in [2.45, 2.75) is 32.7 Å². The Bertz CT molecular complexity index is 1250. The summed E-state index contributed by atoms with van der Waals surface area (Å²) in [6.07, 6.45) is 1.26. The predicted molar refractivity (Wildman–Crippen MR) is 137 cm³/mol. The van der Waals surface area contributed by atoms with E-state index in [2.05, 4.69) is 29.4 Å². The van der Waals surface area contributed by atoms with Gasteiger partial charge in [-0.05, 0) is 41.7 Å². The fourth-order valence-electron chi connectivity index (χ4n) is 5.09. The molecule has 1 aliphatic carbocycles. The van der Waals surface area contributed by atoms with Gasteiger partial charge in [0.1, 0.15) is 0 Å². The number of anilines is 3. The molecule has 0 bridgehead atoms. The predicted octanol–water partition coefficient (Wildman–Crippen LogP) is 5.94. The Morgan fingerprint density at radius 2 is 1.59 bits per heavy atom. The van der Waals surface area contributed by atoms with Crippen molar-refractivity contribution in [3.05, 3.63) is 102 Å². The highest BCUT2D eigenvalue weighted by Crippen LogP contribution is 2.48. The van der Waals surface area contributed by atoms with Gasteiger partial charge in [-0.25, -0.2) is 0 Å². The van der Waals surface area contributed by atoms with Crippen LogP contribution in [-0.4, -0.2) is 18.2 Å². The van der Waals surface area contributed by atoms with Crippen molar-refractivity contribution in [2.24, 2.45) is 5.41 Å². The summed E-state index contributed by atoms with van der Waals surface area (Å²) in [5, 5.41) is 6.59. The molecule has 34 heavy (non-hydrogen) atoms. The van der Waals surface area contributed by atoms with Gasteiger partial charge in [0.2, 0.25) is 5.91 Å². The van der Waals surface area contributed by atoms with E-state index in [0.29, 0.717) is 6.42 Å². The topological polar surface area (TPSA) is 61.4 Å². The summed E-state index contributed by atoms with van der Waals surface area (Å²) < 4.78 is 0. The van der Waals surface area contributed by atoms with Crippen LogP contribution in [0.1, 0.15) is 38.3 Å². The highest BCUT2D eigenvalue weighted by atomic mass is 16.2. The average Bonchev–Trinajstić information content (AvgIpc) is 2.94. The van der Waals surface area contributed by atoms with Crippen LogP contribution < -0.4 is 15.5 Å². The molecule has 1 amide bonds. The van der Waals surface area contributed by atoms with Crippen molar-refractivity contribution in [3.63, 3.8) is 0 Å². The zero-order chi connectivity index (χ0) is 23.7. The molecule has 0 saturated carbocycles. The molecule has 1 aliphatic heterocycles. The molecule has 2 N–H and O–H groups in total. The highest BCUT2D eigenvalue weighted by Gasteiger charge is 2.41. The van der Waals surface area contributed by atoms with Gasteiger partial charge in [-0.1, -0.05) is 74.5 Å². The van der Waals surface area contributed by atoms with E-state index in [1.54, 1.807) is 0 Å². The number of hydrogen-bond donors (Lipinski definition) is 2. The zero-order valence-corrected chi connectivity index (χ0v) is 19.5. The van der Waals surface area contributed by atoms with Crippen molar-refractivity contribution in [1.82, 2.24) is 0 Å². The van der Waals surface area contributed by atoms with Crippen molar-refractivity contribution in [2.75, 3.05) is 22.1 Å². The fraction of sp³-hybridized carbons (Fsp3) is 0.241. The molecule has 0 radical (unpaired) electrons. The number of amides is 1. The molecule has 1 atom stereocenters. The maximum absolute atomic E-state index is 13.6. The zero-order valence-electron chi connectivity index (χ0n) is 19.5. The minimum atomic E-state index is -0.363. The Kier molecular flexibility index (Phi) is 5.70. The minimum Gasteiger partial charge on any atom is -0.357 e. The summed E-state index contributed by atoms with van der Waals surface area (Å²) in [6.45, 7) is 4.38. The number of nitrogens with one attached hydrogen (secondary N) is 2. The average molecular weight is 452 g/mol. The van der Waals surface area contributed by atoms with E-state index in [-0.39, 0.29) is 29.7 Å². The first kappa shape index (κ1) is 22.0. The number of carbonyl (C=O) groups excluding carboxylic acids is 2. The maximum Gasteiger partial charge on any atom is 0.243 e. The molecule has 3 aromatic carbocycles. The Hall–Kier alpha value is -3.86. The maximum atomic E-state index is 13.6. The summed E-state index contributed by atoms with van der Waals surface area (Å²) in [4.78, 5) is 28.9. The van der Waals surface area contributed by atoms with Crippen LogP contribution in [0.4, 0.5) is 17.1 Å². The second-order valence-electron chi connectivity index (χ2n) is 9.83. The molecule has 5 rings (SSSR count). The van der Waals surface area contributed by atoms with Crippen LogP contribution in [0.2, 0.25) is 0 Å². The van der Waals surface area contributed by atoms with E-state index in [0.717, 1.165) is 40.3 Å². The Morgan fingerprint density at radius 1 is 0.941 bits per heavy atom. The molecule has 0 fully saturated rings. The monoisotopic (exact) mass is 451 g/mol. The smallest absolute Gasteiger partial charge is 0.243 e. The second kappa shape index (κ2) is 8.82. The molecule has 2 aliphatic rings. The van der Waals surface area contributed by atoms with Crippen molar-refractivity contribution in [1.29, 1.82) is 0 Å². The van der Waals surface area contributed by atoms with Gasteiger partial charge in [-0.15, -0.1) is 0 Å². The lowest BCUT2D eigenvalue weighted by Gasteiger charge is -2.37. The van der Waals surface area contributed by atoms with Crippen LogP contribution in [0.3, 0.4) is 0 Å². The molecule has 3 aromatic rings. The minimum absolute atomic E-state index is 0.112. The fourth-order valence-corrected chi connectivity index (χ4v) is 5.09. The first-order valence-corrected chi connectivity index (χ1v) is 11.7. The van der Waals surface area contributed by atoms with Gasteiger partial charge in [0, 0.05) is 23.4 Å². The SMILES string of the molecule is CC1(C)CC(=O)C2=C(C1)Nc1ccccc1N(CC(=O)Nc1ccccc1)C2c1ccccc1. The molecule has 1 heterocycles. The van der Waals surface area contributed by atoms with Gasteiger partial charge in [0.15, 0.2) is 5.78 Å². The van der Waals surface area contributed by atoms with Crippen molar-refractivity contribution >= 4 is 28.8 Å². The third-order valence-electron chi connectivity index (χ3n) is 6.49. The van der Waals surface area contributed by atoms with Crippen molar-refractivity contribution < 1.29 is 9.59 Å². The number of para-hydroxylation sites is 3. The molecule has 5 heteroatoms. The van der Waals surface area contributed by atoms with E-state index in [1.807, 2.05) is 84.9 Å². The lowest BCUT2D eigenvalue weighted by molar-refractivity contribution is -0.119. The second-order valence-corrected chi connectivity index (χ2v) is 9.83. The first-order chi connectivity index (χ1) is 16.4. The number of Topliss-reactive ketones (excluding diaryl/α,β-unsaturated/α-hetero) is 1. The summed E-state index contributed by atoms with van der Waals surface area (Å²) in [6, 6.07) is 27.1. The number of allylic oxidation sites excluding steroid dienone is 1. The number of fused-ring (bicyclic) bond motifs is 1. The van der Waals surface area contributed by atoms with Gasteiger partial charge in [-0.2, -0.15) is 0 Å². The van der Waals surface area contributed by atoms with E-state index in [9.17, 15) is 9.59 Å². The first-order valence-electron chi connectivity index (χ1n) is 11.7. The Labute approximate surface area is 200 Å². The largest absolute Gasteiger partial charge is 0.357 e. The number of ketones is 1. The van der Waals surface area contributed by atoms with E-state index in [4.69, 9.17) is 0 Å². The van der Waals surface area contributed by atoms with Crippen LogP contribution in [0.25, 0.3) is 0 Å². The standard InChI is InChI=1S/C29H29N3O2/c1-29(2)17-23-27(25(33)18-29)28(20-11-5-3-6-12-20)32(24-16-10-9-15-22(24)31-23)19-26(34)30-21-13-7-4-8-14-21/h3-16,28,31H,17-19H2,1-2H3,(H,30,34). The van der Waals surface area contributed by atoms with Gasteiger partial charge >= 0.3 is 0 Å². The third kappa shape index (κ3) is 4.34. The Morgan fingerprint density at radius 3 is 2.32 bits per heavy atom. The molecule has 0 spiro atoms. The van der Waals surface area contributed by atoms with Gasteiger partial charge < -0.3 is 15.5 Å². The van der Waals surface area contributed by atoms with Crippen LogP contribution in [0.15, 0.2) is 96.2 Å². The number of benzene rings is 3. The van der Waals surface area contributed by atoms with Gasteiger partial charge in [-0.3, -0.25) is 9.59 Å². The van der Waals surface area contributed by atoms with Crippen molar-refractivity contribution in [3.8, 4) is 0 Å². The number of nitrogens with zero attached hydrogens (tertiary/aromatic N) is 1. The summed E-state index contributed by atoms with van der Waals surface area (Å²) in [5.41, 5.74) is 5.14. The van der Waals surface area contributed by atoms with E-state index in [1.165, 1.54) is 0 Å². The lowest BCUT2D eigenvalue weighted by atomic mass is 9.73. The quantitative estimate of drug-likeness (QED) is 0.515. The lowest BCUT2D eigenvalue weighted by Crippen LogP contribution is -2.40. The molecule has 172 valence electrons. The summed E-state index contributed by atoms with van der Waals surface area (Å²) >= 11 is 0. The van der Waals surface area contributed by atoms with E-state index >= 15 is 0 Å². The molecular formula is C29H29N3O2. The van der Waals surface area contributed by atoms with Crippen LogP contribution >= 0.6 is 0 Å². The summed E-state index contributed by atoms with van der Waals surface area (Å²) in [7, 11) is 0. The molecule has 5 nitrogen and oxygen atoms in total. The Balaban J connectivity index is 1.63. The number of carbonyl (C=O) groups is 2. The van der Waals surface area contributed by atoms with Crippen LogP contribution in [0, 0.1) is 5.41 Å². The van der Waals surface area contributed by atoms with E-state index < -0.39 is 0 Å². The van der Waals surface area contributed by atoms with Crippen LogP contribution in [-0.2, 0) is 9.59 Å². The van der Waals surface area contributed by atoms with Gasteiger partial charge in [0.05, 0.1) is 24.0 Å². The molecule has 0 saturated heterocycles. The number of hydrogen-bond acceptors (Lipinski definition) is 4. The molecular weight excluding hydrogens is 422 g/mol. The number of rotatable bonds is 4. The molecule has 1 unspecified atom stereocenters. The normalized spacial score (nSPS) is 18.9. The molecule has 0 aromatic heterocycles. The van der Waals surface area contributed by atoms with Crippen LogP contribution in [0.5, 0.6) is 0 Å². The van der Waals surface area contributed by atoms with Gasteiger partial charge in [0.25, 0.3) is 0 Å². The highest BCUT2D eigenvalue weighted by molar-refractivity contribution is 6.02.